The van der Waals surface area contributed by atoms with Crippen molar-refractivity contribution < 1.29 is 8.42 Å². The Morgan fingerprint density at radius 3 is 2.81 bits per heavy atom. The zero-order chi connectivity index (χ0) is 14.9. The Balaban J connectivity index is 1.90. The number of aromatic nitrogens is 6. The molecular formula is C11H11N7O2S. The highest BCUT2D eigenvalue weighted by Crippen LogP contribution is 2.18. The first-order valence-corrected chi connectivity index (χ1v) is 7.38. The van der Waals surface area contributed by atoms with Gasteiger partial charge >= 0.3 is 0 Å². The minimum absolute atomic E-state index is 0.0952. The number of hydrogen-bond acceptors (Lipinski definition) is 6. The SMILES string of the molecule is Cn1cc(S(=O)(=O)Nc2cccc(-n3cnnn3)c2)cn1. The molecule has 21 heavy (non-hydrogen) atoms. The van der Waals surface area contributed by atoms with Crippen molar-refractivity contribution in [2.75, 3.05) is 4.72 Å². The summed E-state index contributed by atoms with van der Waals surface area (Å²) in [7, 11) is -2.02. The molecule has 108 valence electrons. The summed E-state index contributed by atoms with van der Waals surface area (Å²) in [6.45, 7) is 0. The molecule has 0 aliphatic carbocycles. The second-order valence-electron chi connectivity index (χ2n) is 4.26. The summed E-state index contributed by atoms with van der Waals surface area (Å²) >= 11 is 0. The van der Waals surface area contributed by atoms with E-state index in [1.165, 1.54) is 28.1 Å². The first-order valence-electron chi connectivity index (χ1n) is 5.89. The Kier molecular flexibility index (Phi) is 3.14. The molecule has 0 aliphatic heterocycles. The maximum absolute atomic E-state index is 12.2. The average molecular weight is 305 g/mol. The standard InChI is InChI=1S/C11H11N7O2S/c1-17-7-11(6-13-17)21(19,20)14-9-3-2-4-10(5-9)18-8-12-15-16-18/h2-8,14H,1H3. The lowest BCUT2D eigenvalue weighted by atomic mass is 10.3. The fourth-order valence-electron chi connectivity index (χ4n) is 1.74. The van der Waals surface area contributed by atoms with Gasteiger partial charge < -0.3 is 0 Å². The summed E-state index contributed by atoms with van der Waals surface area (Å²) < 4.78 is 29.7. The summed E-state index contributed by atoms with van der Waals surface area (Å²) in [6.07, 6.45) is 4.13. The molecule has 0 saturated carbocycles. The highest BCUT2D eigenvalue weighted by molar-refractivity contribution is 7.92. The van der Waals surface area contributed by atoms with Gasteiger partial charge in [-0.05, 0) is 28.6 Å². The zero-order valence-electron chi connectivity index (χ0n) is 10.9. The number of tetrazole rings is 1. The molecule has 9 nitrogen and oxygen atoms in total. The van der Waals surface area contributed by atoms with Crippen LogP contribution >= 0.6 is 0 Å². The minimum atomic E-state index is -3.67. The van der Waals surface area contributed by atoms with Crippen LogP contribution < -0.4 is 4.72 Å². The number of nitrogens with zero attached hydrogens (tertiary/aromatic N) is 6. The van der Waals surface area contributed by atoms with Crippen LogP contribution in [0.15, 0.2) is 47.9 Å². The van der Waals surface area contributed by atoms with E-state index in [4.69, 9.17) is 0 Å². The molecule has 3 aromatic rings. The molecule has 1 aromatic carbocycles. The number of hydrogen-bond donors (Lipinski definition) is 1. The van der Waals surface area contributed by atoms with Crippen molar-refractivity contribution in [1.29, 1.82) is 0 Å². The first-order chi connectivity index (χ1) is 10.0. The van der Waals surface area contributed by atoms with Crippen molar-refractivity contribution in [2.24, 2.45) is 7.05 Å². The summed E-state index contributed by atoms with van der Waals surface area (Å²) in [5, 5.41) is 14.7. The molecule has 0 saturated heterocycles. The van der Waals surface area contributed by atoms with Crippen LogP contribution in [-0.2, 0) is 17.1 Å². The van der Waals surface area contributed by atoms with Gasteiger partial charge in [-0.2, -0.15) is 5.10 Å². The fraction of sp³-hybridized carbons (Fsp3) is 0.0909. The fourth-order valence-corrected chi connectivity index (χ4v) is 2.78. The molecule has 0 atom stereocenters. The Morgan fingerprint density at radius 1 is 1.29 bits per heavy atom. The van der Waals surface area contributed by atoms with Gasteiger partial charge in [0.05, 0.1) is 17.6 Å². The van der Waals surface area contributed by atoms with Crippen LogP contribution in [0.5, 0.6) is 0 Å². The third kappa shape index (κ3) is 2.74. The predicted octanol–water partition coefficient (Wildman–Crippen LogP) is 0.197. The molecule has 3 rings (SSSR count). The van der Waals surface area contributed by atoms with Crippen LogP contribution in [0.3, 0.4) is 0 Å². The Labute approximate surface area is 120 Å². The number of nitrogens with one attached hydrogen (secondary N) is 1. The van der Waals surface area contributed by atoms with Crippen LogP contribution in [0.4, 0.5) is 5.69 Å². The van der Waals surface area contributed by atoms with E-state index >= 15 is 0 Å². The summed E-state index contributed by atoms with van der Waals surface area (Å²) in [6, 6.07) is 6.74. The van der Waals surface area contributed by atoms with E-state index in [9.17, 15) is 8.42 Å². The maximum Gasteiger partial charge on any atom is 0.265 e. The van der Waals surface area contributed by atoms with Gasteiger partial charge in [-0.1, -0.05) is 6.07 Å². The number of anilines is 1. The third-order valence-electron chi connectivity index (χ3n) is 2.70. The lowest BCUT2D eigenvalue weighted by Gasteiger charge is -2.07. The molecule has 0 unspecified atom stereocenters. The Morgan fingerprint density at radius 2 is 2.14 bits per heavy atom. The van der Waals surface area contributed by atoms with Gasteiger partial charge in [0.25, 0.3) is 10.0 Å². The van der Waals surface area contributed by atoms with Crippen LogP contribution in [0, 0.1) is 0 Å². The van der Waals surface area contributed by atoms with Crippen LogP contribution in [0.1, 0.15) is 0 Å². The number of rotatable bonds is 4. The Bertz CT molecular complexity index is 854. The molecule has 1 N–H and O–H groups in total. The van der Waals surface area contributed by atoms with E-state index in [0.717, 1.165) is 0 Å². The first kappa shape index (κ1) is 13.2. The molecular weight excluding hydrogens is 294 g/mol. The zero-order valence-corrected chi connectivity index (χ0v) is 11.8. The van der Waals surface area contributed by atoms with Gasteiger partial charge in [0.15, 0.2) is 0 Å². The van der Waals surface area contributed by atoms with Gasteiger partial charge in [-0.25, -0.2) is 13.1 Å². The van der Waals surface area contributed by atoms with Crippen molar-refractivity contribution in [1.82, 2.24) is 30.0 Å². The van der Waals surface area contributed by atoms with Crippen LogP contribution in [-0.4, -0.2) is 38.4 Å². The summed E-state index contributed by atoms with van der Waals surface area (Å²) in [5.74, 6) is 0. The highest BCUT2D eigenvalue weighted by Gasteiger charge is 2.16. The van der Waals surface area contributed by atoms with E-state index in [2.05, 4.69) is 25.3 Å². The van der Waals surface area contributed by atoms with Crippen molar-refractivity contribution in [3.8, 4) is 5.69 Å². The lowest BCUT2D eigenvalue weighted by Crippen LogP contribution is -2.12. The minimum Gasteiger partial charge on any atom is -0.279 e. The topological polar surface area (TPSA) is 108 Å². The monoisotopic (exact) mass is 305 g/mol. The quantitative estimate of drug-likeness (QED) is 0.737. The van der Waals surface area contributed by atoms with E-state index in [1.807, 2.05) is 0 Å². The molecule has 0 radical (unpaired) electrons. The van der Waals surface area contributed by atoms with E-state index in [-0.39, 0.29) is 4.90 Å². The molecule has 0 spiro atoms. The van der Waals surface area contributed by atoms with Crippen molar-refractivity contribution in [3.05, 3.63) is 43.0 Å². The van der Waals surface area contributed by atoms with Crippen molar-refractivity contribution >= 4 is 15.7 Å². The normalized spacial score (nSPS) is 11.5. The van der Waals surface area contributed by atoms with Gasteiger partial charge in [0.1, 0.15) is 11.2 Å². The van der Waals surface area contributed by atoms with E-state index in [1.54, 1.807) is 31.3 Å². The highest BCUT2D eigenvalue weighted by atomic mass is 32.2. The summed E-state index contributed by atoms with van der Waals surface area (Å²) in [4.78, 5) is 0.0952. The second-order valence-corrected chi connectivity index (χ2v) is 5.94. The molecule has 0 aliphatic rings. The molecule has 0 bridgehead atoms. The largest absolute Gasteiger partial charge is 0.279 e. The Hall–Kier alpha value is -2.75. The summed E-state index contributed by atoms with van der Waals surface area (Å²) in [5.41, 5.74) is 1.05. The number of benzene rings is 1. The van der Waals surface area contributed by atoms with Gasteiger partial charge in [0, 0.05) is 13.2 Å². The molecule has 0 amide bonds. The number of sulfonamides is 1. The molecule has 10 heteroatoms. The maximum atomic E-state index is 12.2. The van der Waals surface area contributed by atoms with Crippen LogP contribution in [0.2, 0.25) is 0 Å². The van der Waals surface area contributed by atoms with Gasteiger partial charge in [0.2, 0.25) is 0 Å². The number of aryl methyl sites for hydroxylation is 1. The molecule has 2 heterocycles. The second kappa shape index (κ2) is 4.98. The van der Waals surface area contributed by atoms with Crippen LogP contribution in [0.25, 0.3) is 5.69 Å². The third-order valence-corrected chi connectivity index (χ3v) is 4.04. The smallest absolute Gasteiger partial charge is 0.265 e. The van der Waals surface area contributed by atoms with Crippen molar-refractivity contribution in [3.63, 3.8) is 0 Å². The average Bonchev–Trinajstić information content (AvgIpc) is 3.09. The van der Waals surface area contributed by atoms with E-state index < -0.39 is 10.0 Å². The van der Waals surface area contributed by atoms with Gasteiger partial charge in [-0.3, -0.25) is 9.40 Å². The van der Waals surface area contributed by atoms with E-state index in [0.29, 0.717) is 11.4 Å². The lowest BCUT2D eigenvalue weighted by molar-refractivity contribution is 0.601. The van der Waals surface area contributed by atoms with Crippen molar-refractivity contribution in [2.45, 2.75) is 4.90 Å². The van der Waals surface area contributed by atoms with Gasteiger partial charge in [-0.15, -0.1) is 5.10 Å². The molecule has 2 aromatic heterocycles. The predicted molar refractivity (Wildman–Crippen MR) is 73.2 cm³/mol. The molecule has 0 fully saturated rings.